The molecule has 3 aliphatic rings. The highest BCUT2D eigenvalue weighted by atomic mass is 16.5. The number of aromatic nitrogens is 2. The number of methoxy groups -OCH3 is 1. The quantitative estimate of drug-likeness (QED) is 0.0920. The van der Waals surface area contributed by atoms with Gasteiger partial charge in [-0.1, -0.05) is 33.8 Å². The Morgan fingerprint density at radius 2 is 1.81 bits per heavy atom. The van der Waals surface area contributed by atoms with Crippen molar-refractivity contribution in [3.63, 3.8) is 0 Å². The Kier molecular flexibility index (Phi) is 10.1. The monoisotopic (exact) mass is 774 g/mol. The molecule has 0 radical (unpaired) electrons. The van der Waals surface area contributed by atoms with E-state index in [4.69, 9.17) is 19.9 Å². The number of benzene rings is 3. The number of phenolic OH excluding ortho intramolecular Hbond substituents is 3. The van der Waals surface area contributed by atoms with Crippen molar-refractivity contribution in [3.8, 4) is 45.8 Å². The van der Waals surface area contributed by atoms with E-state index in [1.165, 1.54) is 6.07 Å². The zero-order valence-corrected chi connectivity index (χ0v) is 33.5. The van der Waals surface area contributed by atoms with Crippen LogP contribution in [0.3, 0.4) is 0 Å². The Hall–Kier alpha value is -6.50. The zero-order chi connectivity index (χ0) is 40.9. The number of likely N-dealkylation sites (N-methyl/N-ethyl adjacent to an activating group) is 1. The largest absolute Gasteiger partial charge is 0.508 e. The van der Waals surface area contributed by atoms with Gasteiger partial charge in [-0.15, -0.1) is 0 Å². The Morgan fingerprint density at radius 1 is 1.05 bits per heavy atom. The number of nitrogen functional groups attached to an aromatic ring is 1. The van der Waals surface area contributed by atoms with Crippen molar-refractivity contribution in [3.05, 3.63) is 101 Å². The number of allylic oxidation sites excluding steroid dienone is 3. The molecule has 2 aliphatic heterocycles. The third kappa shape index (κ3) is 6.98. The molecule has 2 unspecified atom stereocenters. The van der Waals surface area contributed by atoms with E-state index in [1.54, 1.807) is 48.3 Å². The van der Waals surface area contributed by atoms with Gasteiger partial charge in [0, 0.05) is 66.1 Å². The van der Waals surface area contributed by atoms with Crippen LogP contribution in [0, 0.1) is 5.92 Å². The first-order valence-electron chi connectivity index (χ1n) is 19.0. The Labute approximate surface area is 332 Å². The van der Waals surface area contributed by atoms with Crippen LogP contribution in [0.4, 0.5) is 16.4 Å². The lowest BCUT2D eigenvalue weighted by atomic mass is 9.81. The van der Waals surface area contributed by atoms with E-state index in [1.807, 2.05) is 46.2 Å². The molecular weight excluding hydrogens is 725 g/mol. The van der Waals surface area contributed by atoms with Crippen molar-refractivity contribution in [2.75, 3.05) is 31.8 Å². The molecule has 7 N–H and O–H groups in total. The number of carbonyl (C=O) groups excluding carboxylic acids is 1. The molecule has 0 fully saturated rings. The van der Waals surface area contributed by atoms with Crippen LogP contribution in [0.5, 0.6) is 34.5 Å². The van der Waals surface area contributed by atoms with Gasteiger partial charge in [0.05, 0.1) is 37.1 Å². The highest BCUT2D eigenvalue weighted by molar-refractivity contribution is 5.92. The number of nitrogens with two attached hydrogens (primary N) is 1. The second-order valence-corrected chi connectivity index (χ2v) is 15.5. The number of carbonyl (C=O) groups is 1. The molecule has 0 spiro atoms. The lowest BCUT2D eigenvalue weighted by Crippen LogP contribution is -2.42. The molecule has 298 valence electrons. The van der Waals surface area contributed by atoms with Gasteiger partial charge in [-0.3, -0.25) is 4.57 Å². The molecule has 2 atom stereocenters. The van der Waals surface area contributed by atoms with Crippen LogP contribution in [-0.4, -0.2) is 62.1 Å². The lowest BCUT2D eigenvalue weighted by molar-refractivity contribution is 0.234. The van der Waals surface area contributed by atoms with Gasteiger partial charge in [-0.2, -0.15) is 0 Å². The van der Waals surface area contributed by atoms with Gasteiger partial charge in [0.15, 0.2) is 11.5 Å². The summed E-state index contributed by atoms with van der Waals surface area (Å²) < 4.78 is 19.6. The van der Waals surface area contributed by atoms with E-state index in [-0.39, 0.29) is 41.0 Å². The molecule has 13 heteroatoms. The Morgan fingerprint density at radius 3 is 2.53 bits per heavy atom. The van der Waals surface area contributed by atoms with Crippen LogP contribution in [0.15, 0.2) is 79.0 Å². The number of aromatic hydroxyl groups is 3. The second kappa shape index (κ2) is 14.9. The average molecular weight is 775 g/mol. The van der Waals surface area contributed by atoms with Crippen molar-refractivity contribution in [2.45, 2.75) is 65.3 Å². The van der Waals surface area contributed by atoms with Gasteiger partial charge in [-0.05, 0) is 78.8 Å². The van der Waals surface area contributed by atoms with Crippen LogP contribution >= 0.6 is 0 Å². The highest BCUT2D eigenvalue weighted by Crippen LogP contribution is 2.47. The van der Waals surface area contributed by atoms with Crippen molar-refractivity contribution >= 4 is 28.9 Å². The summed E-state index contributed by atoms with van der Waals surface area (Å²) in [5.74, 6) is 2.35. The summed E-state index contributed by atoms with van der Waals surface area (Å²) in [7, 11) is 3.57. The first kappa shape index (κ1) is 38.8. The molecule has 1 aromatic heterocycles. The van der Waals surface area contributed by atoms with E-state index in [0.717, 1.165) is 16.8 Å². The second-order valence-electron chi connectivity index (χ2n) is 15.5. The summed E-state index contributed by atoms with van der Waals surface area (Å²) in [6, 6.07) is 9.75. The van der Waals surface area contributed by atoms with E-state index in [9.17, 15) is 20.1 Å². The molecule has 2 amide bonds. The summed E-state index contributed by atoms with van der Waals surface area (Å²) in [5, 5.41) is 38.5. The molecule has 0 bridgehead atoms. The summed E-state index contributed by atoms with van der Waals surface area (Å²) in [6.45, 7) is 12.5. The molecule has 3 heterocycles. The first-order chi connectivity index (χ1) is 27.1. The van der Waals surface area contributed by atoms with Crippen LogP contribution < -0.4 is 30.6 Å². The molecule has 1 aliphatic carbocycles. The van der Waals surface area contributed by atoms with Crippen LogP contribution in [0.25, 0.3) is 22.5 Å². The third-order valence-electron chi connectivity index (χ3n) is 11.1. The van der Waals surface area contributed by atoms with Crippen LogP contribution in [0.1, 0.15) is 75.6 Å². The number of fused-ring (bicyclic) bond motifs is 2. The minimum Gasteiger partial charge on any atom is -0.508 e. The van der Waals surface area contributed by atoms with Gasteiger partial charge in [0.25, 0.3) is 0 Å². The number of imidazole rings is 1. The van der Waals surface area contributed by atoms with E-state index < -0.39 is 11.6 Å². The topological polar surface area (TPSA) is 177 Å². The fraction of sp³-hybridized carbons (Fsp3) is 0.318. The number of nitrogens with one attached hydrogen (secondary N) is 2. The van der Waals surface area contributed by atoms with E-state index in [2.05, 4.69) is 53.4 Å². The normalized spacial score (nSPS) is 18.6. The summed E-state index contributed by atoms with van der Waals surface area (Å²) in [4.78, 5) is 19.5. The number of rotatable bonds is 10. The van der Waals surface area contributed by atoms with Crippen molar-refractivity contribution < 1.29 is 34.3 Å². The van der Waals surface area contributed by atoms with E-state index in [0.29, 0.717) is 69.7 Å². The van der Waals surface area contributed by atoms with Crippen molar-refractivity contribution in [2.24, 2.45) is 5.92 Å². The van der Waals surface area contributed by atoms with Gasteiger partial charge < -0.3 is 50.8 Å². The number of anilines is 2. The SMILES string of the molecule is COc1ccc(NC(=O)N/C=C(\C)c2cc(C(C)C)c(OC3=CN(C)C4(C)C=CC(n5c(-c6cc(C(C)C)c(O)cc6O)cnc5N)=CC34)cc2O)c2c1OCC2. The van der Waals surface area contributed by atoms with Crippen LogP contribution in [0.2, 0.25) is 0 Å². The number of nitrogens with zero attached hydrogens (tertiary/aromatic N) is 3. The molecule has 0 saturated heterocycles. The molecule has 0 saturated carbocycles. The molecule has 3 aromatic carbocycles. The van der Waals surface area contributed by atoms with Gasteiger partial charge in [0.2, 0.25) is 5.95 Å². The van der Waals surface area contributed by atoms with Crippen molar-refractivity contribution in [1.29, 1.82) is 0 Å². The summed E-state index contributed by atoms with van der Waals surface area (Å²) in [6.07, 6.45) is 11.9. The number of hydrogen-bond acceptors (Lipinski definition) is 10. The number of ether oxygens (including phenoxy) is 3. The average Bonchev–Trinajstić information content (AvgIpc) is 3.87. The maximum absolute atomic E-state index is 13.0. The molecular formula is C44H50N6O7. The number of amides is 2. The summed E-state index contributed by atoms with van der Waals surface area (Å²) in [5.41, 5.74) is 12.1. The molecule has 13 nitrogen and oxygen atoms in total. The predicted octanol–water partition coefficient (Wildman–Crippen LogP) is 8.27. The number of urea groups is 1. The van der Waals surface area contributed by atoms with E-state index >= 15 is 0 Å². The minimum atomic E-state index is -0.482. The van der Waals surface area contributed by atoms with Gasteiger partial charge >= 0.3 is 6.03 Å². The highest BCUT2D eigenvalue weighted by Gasteiger charge is 2.45. The molecule has 57 heavy (non-hydrogen) atoms. The lowest BCUT2D eigenvalue weighted by Gasteiger charge is -2.37. The maximum Gasteiger partial charge on any atom is 0.323 e. The third-order valence-corrected chi connectivity index (χ3v) is 11.1. The smallest absolute Gasteiger partial charge is 0.323 e. The molecule has 7 rings (SSSR count). The van der Waals surface area contributed by atoms with Crippen LogP contribution in [-0.2, 0) is 6.42 Å². The molecule has 4 aromatic rings. The minimum absolute atomic E-state index is 0.00438. The predicted molar refractivity (Wildman–Crippen MR) is 221 cm³/mol. The zero-order valence-electron chi connectivity index (χ0n) is 33.5. The van der Waals surface area contributed by atoms with Crippen molar-refractivity contribution in [1.82, 2.24) is 19.8 Å². The van der Waals surface area contributed by atoms with Gasteiger partial charge in [-0.25, -0.2) is 9.78 Å². The summed E-state index contributed by atoms with van der Waals surface area (Å²) >= 11 is 0. The standard InChI is InChI=1S/C44H50N6O7/c1-23(2)28-16-31(36(52)18-35(28)51)34-21-46-42(45)50(34)26-11-13-44(6)32(15-26)40(22-49(44)7)57-39-19-37(53)30(17-29(39)24(3)4)25(5)20-47-43(54)48-33-9-10-38(55-8)41-27(33)12-14-56-41/h9-11,13,15-24,32,51-53H,12,14H2,1-8H3,(H2,45,46)(H2,47,48,54)/b25-20+. The first-order valence-corrected chi connectivity index (χ1v) is 19.0. The number of hydrogen-bond donors (Lipinski definition) is 6. The maximum atomic E-state index is 13.0. The van der Waals surface area contributed by atoms with Gasteiger partial charge in [0.1, 0.15) is 28.8 Å². The Bertz CT molecular complexity index is 2390. The fourth-order valence-corrected chi connectivity index (χ4v) is 7.72. The number of phenols is 3. The fourth-order valence-electron chi connectivity index (χ4n) is 7.72. The Balaban J connectivity index is 1.15.